The summed E-state index contributed by atoms with van der Waals surface area (Å²) in [6.45, 7) is 2.90. The number of fused-ring (bicyclic) bond motifs is 1. The van der Waals surface area contributed by atoms with Crippen LogP contribution in [-0.2, 0) is 4.74 Å². The van der Waals surface area contributed by atoms with Crippen molar-refractivity contribution in [3.63, 3.8) is 0 Å². The van der Waals surface area contributed by atoms with Crippen molar-refractivity contribution in [3.05, 3.63) is 99.3 Å². The van der Waals surface area contributed by atoms with Crippen molar-refractivity contribution in [1.82, 2.24) is 10.3 Å². The molecule has 3 aromatic carbocycles. The van der Waals surface area contributed by atoms with Crippen LogP contribution >= 0.6 is 0 Å². The molecule has 10 nitrogen and oxygen atoms in total. The number of aromatic amines is 1. The van der Waals surface area contributed by atoms with E-state index >= 15 is 0 Å². The van der Waals surface area contributed by atoms with E-state index in [1.54, 1.807) is 44.4 Å². The molecule has 0 aliphatic carbocycles. The molecule has 5 N–H and O–H groups in total. The third kappa shape index (κ3) is 7.10. The van der Waals surface area contributed by atoms with E-state index in [0.717, 1.165) is 11.1 Å². The molecule has 0 saturated carbocycles. The van der Waals surface area contributed by atoms with Crippen molar-refractivity contribution in [3.8, 4) is 11.5 Å². The first-order valence-corrected chi connectivity index (χ1v) is 13.2. The number of hydrogen-bond donors (Lipinski definition) is 4. The minimum absolute atomic E-state index is 0.0909. The number of H-pyrrole nitrogens is 1. The highest BCUT2D eigenvalue weighted by molar-refractivity contribution is 6.07. The van der Waals surface area contributed by atoms with E-state index in [2.05, 4.69) is 15.6 Å². The summed E-state index contributed by atoms with van der Waals surface area (Å²) in [5.74, 6) is -0.0281. The van der Waals surface area contributed by atoms with Crippen molar-refractivity contribution < 1.29 is 23.8 Å². The van der Waals surface area contributed by atoms with E-state index in [1.165, 1.54) is 13.2 Å². The van der Waals surface area contributed by atoms with Gasteiger partial charge in [-0.25, -0.2) is 0 Å². The van der Waals surface area contributed by atoms with Crippen molar-refractivity contribution in [2.24, 2.45) is 5.73 Å². The van der Waals surface area contributed by atoms with Gasteiger partial charge in [0.2, 0.25) is 0 Å². The van der Waals surface area contributed by atoms with Crippen LogP contribution in [0.2, 0.25) is 0 Å². The van der Waals surface area contributed by atoms with Gasteiger partial charge in [-0.3, -0.25) is 14.4 Å². The van der Waals surface area contributed by atoms with Crippen LogP contribution in [0.1, 0.15) is 44.3 Å². The standard InChI is InChI=1S/C31H34N4O6/c1-19-9-10-21(29(36)33-24(11-12-32)20-7-5-4-6-8-20)16-25(19)34-30(37)23-15-22-17-28(41-14-13-39-2)27(40-3)18-26(22)35-31(23)38/h4-10,15-18,24H,11-14,32H2,1-3H3,(H,33,36)(H,34,37)(H,35,38)/t24-/m1/s1. The van der Waals surface area contributed by atoms with Crippen LogP contribution in [0.15, 0.2) is 71.5 Å². The number of nitrogens with one attached hydrogen (secondary N) is 3. The van der Waals surface area contributed by atoms with Crippen LogP contribution in [0.25, 0.3) is 10.9 Å². The Balaban J connectivity index is 1.57. The summed E-state index contributed by atoms with van der Waals surface area (Å²) in [6.07, 6.45) is 0.570. The number of benzene rings is 3. The molecule has 0 aliphatic heterocycles. The number of nitrogens with two attached hydrogens (primary N) is 1. The van der Waals surface area contributed by atoms with Gasteiger partial charge in [0.15, 0.2) is 11.5 Å². The zero-order valence-electron chi connectivity index (χ0n) is 23.3. The summed E-state index contributed by atoms with van der Waals surface area (Å²) < 4.78 is 16.2. The number of ether oxygens (including phenoxy) is 3. The Kier molecular flexibility index (Phi) is 9.73. The fraction of sp³-hybridized carbons (Fsp3) is 0.258. The maximum absolute atomic E-state index is 13.3. The van der Waals surface area contributed by atoms with Gasteiger partial charge in [-0.05, 0) is 55.3 Å². The van der Waals surface area contributed by atoms with Crippen molar-refractivity contribution in [2.75, 3.05) is 39.3 Å². The van der Waals surface area contributed by atoms with Gasteiger partial charge >= 0.3 is 0 Å². The minimum atomic E-state index is -0.614. The van der Waals surface area contributed by atoms with Gasteiger partial charge in [-0.15, -0.1) is 0 Å². The monoisotopic (exact) mass is 558 g/mol. The molecule has 10 heteroatoms. The Morgan fingerprint density at radius 3 is 2.44 bits per heavy atom. The summed E-state index contributed by atoms with van der Waals surface area (Å²) in [7, 11) is 3.07. The van der Waals surface area contributed by atoms with Gasteiger partial charge in [0.1, 0.15) is 12.2 Å². The quantitative estimate of drug-likeness (QED) is 0.193. The zero-order valence-corrected chi connectivity index (χ0v) is 23.3. The van der Waals surface area contributed by atoms with Crippen LogP contribution in [0.3, 0.4) is 0 Å². The second kappa shape index (κ2) is 13.6. The molecular formula is C31H34N4O6. The lowest BCUT2D eigenvalue weighted by molar-refractivity contribution is 0.0934. The van der Waals surface area contributed by atoms with Crippen molar-refractivity contribution in [2.45, 2.75) is 19.4 Å². The number of hydrogen-bond acceptors (Lipinski definition) is 7. The molecule has 0 fully saturated rings. The number of rotatable bonds is 12. The topological polar surface area (TPSA) is 145 Å². The van der Waals surface area contributed by atoms with E-state index in [9.17, 15) is 14.4 Å². The van der Waals surface area contributed by atoms with Gasteiger partial charge in [0, 0.05) is 29.8 Å². The zero-order chi connectivity index (χ0) is 29.4. The Hall–Kier alpha value is -4.67. The molecule has 0 saturated heterocycles. The van der Waals surface area contributed by atoms with E-state index < -0.39 is 11.5 Å². The number of carbonyl (C=O) groups is 2. The first kappa shape index (κ1) is 29.3. The molecule has 0 aliphatic rings. The summed E-state index contributed by atoms with van der Waals surface area (Å²) >= 11 is 0. The fourth-order valence-corrected chi connectivity index (χ4v) is 4.39. The summed E-state index contributed by atoms with van der Waals surface area (Å²) in [5, 5.41) is 6.40. The number of aromatic nitrogens is 1. The van der Waals surface area contributed by atoms with Gasteiger partial charge in [0.05, 0.1) is 25.3 Å². The molecular weight excluding hydrogens is 524 g/mol. The second-order valence-electron chi connectivity index (χ2n) is 9.44. The highest BCUT2D eigenvalue weighted by atomic mass is 16.5. The van der Waals surface area contributed by atoms with Gasteiger partial charge < -0.3 is 35.6 Å². The summed E-state index contributed by atoms with van der Waals surface area (Å²) in [6, 6.07) is 19.2. The third-order valence-electron chi connectivity index (χ3n) is 6.63. The lowest BCUT2D eigenvalue weighted by Crippen LogP contribution is -2.30. The number of pyridine rings is 1. The minimum Gasteiger partial charge on any atom is -0.493 e. The van der Waals surface area contributed by atoms with Crippen LogP contribution in [0.5, 0.6) is 11.5 Å². The molecule has 41 heavy (non-hydrogen) atoms. The van der Waals surface area contributed by atoms with E-state index in [1.807, 2.05) is 30.3 Å². The largest absolute Gasteiger partial charge is 0.493 e. The first-order valence-electron chi connectivity index (χ1n) is 13.2. The normalized spacial score (nSPS) is 11.6. The maximum atomic E-state index is 13.3. The van der Waals surface area contributed by atoms with Crippen LogP contribution < -0.4 is 31.4 Å². The number of aryl methyl sites for hydroxylation is 1. The SMILES string of the molecule is COCCOc1cc2cc(C(=O)Nc3cc(C(=O)N[C@H](CCN)c4ccccc4)ccc3C)c(=O)[nH]c2cc1OC. The van der Waals surface area contributed by atoms with E-state index in [0.29, 0.717) is 59.8 Å². The van der Waals surface area contributed by atoms with Crippen molar-refractivity contribution in [1.29, 1.82) is 0 Å². The Labute approximate surface area is 237 Å². The third-order valence-corrected chi connectivity index (χ3v) is 6.63. The number of anilines is 1. The fourth-order valence-electron chi connectivity index (χ4n) is 4.39. The molecule has 1 heterocycles. The average molecular weight is 559 g/mol. The van der Waals surface area contributed by atoms with Gasteiger partial charge in [0.25, 0.3) is 17.4 Å². The predicted octanol–water partition coefficient (Wildman–Crippen LogP) is 3.94. The summed E-state index contributed by atoms with van der Waals surface area (Å²) in [5.41, 5.74) is 8.07. The molecule has 214 valence electrons. The lowest BCUT2D eigenvalue weighted by Gasteiger charge is -2.19. The average Bonchev–Trinajstić information content (AvgIpc) is 2.98. The smallest absolute Gasteiger partial charge is 0.261 e. The predicted molar refractivity (Wildman–Crippen MR) is 158 cm³/mol. The van der Waals surface area contributed by atoms with Crippen LogP contribution in [0, 0.1) is 6.92 Å². The molecule has 1 aromatic heterocycles. The first-order chi connectivity index (χ1) is 19.8. The highest BCUT2D eigenvalue weighted by Gasteiger charge is 2.19. The van der Waals surface area contributed by atoms with Crippen LogP contribution in [-0.4, -0.2) is 50.8 Å². The van der Waals surface area contributed by atoms with Crippen LogP contribution in [0.4, 0.5) is 5.69 Å². The summed E-state index contributed by atoms with van der Waals surface area (Å²) in [4.78, 5) is 42.0. The van der Waals surface area contributed by atoms with Gasteiger partial charge in [-0.2, -0.15) is 0 Å². The highest BCUT2D eigenvalue weighted by Crippen LogP contribution is 2.31. The van der Waals surface area contributed by atoms with Gasteiger partial charge in [-0.1, -0.05) is 36.4 Å². The molecule has 1 atom stereocenters. The molecule has 4 rings (SSSR count). The Morgan fingerprint density at radius 1 is 0.951 bits per heavy atom. The molecule has 2 amide bonds. The Morgan fingerprint density at radius 2 is 1.73 bits per heavy atom. The molecule has 0 bridgehead atoms. The van der Waals surface area contributed by atoms with Crippen molar-refractivity contribution >= 4 is 28.4 Å². The Bertz CT molecular complexity index is 1590. The number of carbonyl (C=O) groups excluding carboxylic acids is 2. The second-order valence-corrected chi connectivity index (χ2v) is 9.44. The molecule has 0 radical (unpaired) electrons. The number of amides is 2. The molecule has 4 aromatic rings. The van der Waals surface area contributed by atoms with E-state index in [4.69, 9.17) is 19.9 Å². The maximum Gasteiger partial charge on any atom is 0.261 e. The molecule has 0 unspecified atom stereocenters. The van der Waals surface area contributed by atoms with E-state index in [-0.39, 0.29) is 17.5 Å². The number of methoxy groups -OCH3 is 2. The lowest BCUT2D eigenvalue weighted by atomic mass is 10.0. The molecule has 0 spiro atoms.